The third kappa shape index (κ3) is 3.24. The van der Waals surface area contributed by atoms with Crippen molar-refractivity contribution in [1.82, 2.24) is 14.9 Å². The standard InChI is InChI=1S/C17H21N5O2/c1-3-22-11-12(24-15-7-5-4-6-14(15)22)10-21(2)17(23)13-8-20-16(18)9-19-13/h4-9,12H,3,10-11H2,1-2H3,(H2,18,20). The summed E-state index contributed by atoms with van der Waals surface area (Å²) in [5.41, 5.74) is 6.87. The lowest BCUT2D eigenvalue weighted by molar-refractivity contribution is 0.0703. The lowest BCUT2D eigenvalue weighted by atomic mass is 10.2. The highest BCUT2D eigenvalue weighted by atomic mass is 16.5. The highest BCUT2D eigenvalue weighted by Crippen LogP contribution is 2.32. The Bertz CT molecular complexity index is 719. The van der Waals surface area contributed by atoms with E-state index in [1.54, 1.807) is 11.9 Å². The van der Waals surface area contributed by atoms with Crippen LogP contribution in [-0.2, 0) is 0 Å². The van der Waals surface area contributed by atoms with Crippen LogP contribution in [-0.4, -0.2) is 53.6 Å². The Morgan fingerprint density at radius 3 is 2.88 bits per heavy atom. The first-order valence-electron chi connectivity index (χ1n) is 7.92. The molecular formula is C17H21N5O2. The Hall–Kier alpha value is -2.83. The summed E-state index contributed by atoms with van der Waals surface area (Å²) in [6.07, 6.45) is 2.67. The fourth-order valence-corrected chi connectivity index (χ4v) is 2.81. The lowest BCUT2D eigenvalue weighted by Crippen LogP contribution is -2.47. The van der Waals surface area contributed by atoms with Gasteiger partial charge in [-0.1, -0.05) is 12.1 Å². The van der Waals surface area contributed by atoms with Crippen molar-refractivity contribution in [3.8, 4) is 5.75 Å². The predicted molar refractivity (Wildman–Crippen MR) is 92.1 cm³/mol. The first kappa shape index (κ1) is 16.0. The molecule has 1 aliphatic rings. The first-order valence-corrected chi connectivity index (χ1v) is 7.92. The number of ether oxygens (including phenoxy) is 1. The quantitative estimate of drug-likeness (QED) is 0.914. The van der Waals surface area contributed by atoms with Crippen molar-refractivity contribution in [1.29, 1.82) is 0 Å². The van der Waals surface area contributed by atoms with Gasteiger partial charge in [0.25, 0.3) is 5.91 Å². The van der Waals surface area contributed by atoms with Crippen LogP contribution in [0.1, 0.15) is 17.4 Å². The molecule has 0 bridgehead atoms. The van der Waals surface area contributed by atoms with Crippen molar-refractivity contribution in [2.75, 3.05) is 37.3 Å². The van der Waals surface area contributed by atoms with Crippen LogP contribution < -0.4 is 15.4 Å². The number of nitrogen functional groups attached to an aromatic ring is 1. The average Bonchev–Trinajstić information content (AvgIpc) is 2.61. The Kier molecular flexibility index (Phi) is 4.50. The largest absolute Gasteiger partial charge is 0.485 e. The maximum atomic E-state index is 12.4. The number of nitrogens with two attached hydrogens (primary N) is 1. The van der Waals surface area contributed by atoms with Crippen molar-refractivity contribution in [3.63, 3.8) is 0 Å². The molecule has 0 spiro atoms. The predicted octanol–water partition coefficient (Wildman–Crippen LogP) is 1.42. The Morgan fingerprint density at radius 2 is 2.17 bits per heavy atom. The van der Waals surface area contributed by atoms with Crippen LogP contribution in [0.4, 0.5) is 11.5 Å². The molecule has 7 nitrogen and oxygen atoms in total. The number of carbonyl (C=O) groups is 1. The average molecular weight is 327 g/mol. The molecule has 126 valence electrons. The Morgan fingerprint density at radius 1 is 1.38 bits per heavy atom. The minimum atomic E-state index is -0.201. The Labute approximate surface area is 141 Å². The van der Waals surface area contributed by atoms with E-state index < -0.39 is 0 Å². The third-order valence-corrected chi connectivity index (χ3v) is 4.02. The number of anilines is 2. The fourth-order valence-electron chi connectivity index (χ4n) is 2.81. The molecule has 1 aromatic carbocycles. The van der Waals surface area contributed by atoms with Gasteiger partial charge in [0.05, 0.1) is 31.2 Å². The first-order chi connectivity index (χ1) is 11.6. The van der Waals surface area contributed by atoms with Crippen molar-refractivity contribution in [3.05, 3.63) is 42.4 Å². The molecule has 1 aromatic heterocycles. The number of likely N-dealkylation sites (N-methyl/N-ethyl adjacent to an activating group) is 2. The fraction of sp³-hybridized carbons (Fsp3) is 0.353. The van der Waals surface area contributed by atoms with Gasteiger partial charge in [0.2, 0.25) is 0 Å². The number of fused-ring (bicyclic) bond motifs is 1. The molecule has 2 heterocycles. The zero-order valence-electron chi connectivity index (χ0n) is 13.8. The number of aromatic nitrogens is 2. The summed E-state index contributed by atoms with van der Waals surface area (Å²) in [5, 5.41) is 0. The summed E-state index contributed by atoms with van der Waals surface area (Å²) < 4.78 is 6.05. The summed E-state index contributed by atoms with van der Waals surface area (Å²) in [7, 11) is 1.74. The van der Waals surface area contributed by atoms with Gasteiger partial charge in [0.1, 0.15) is 23.4 Å². The van der Waals surface area contributed by atoms with Gasteiger partial charge in [-0.05, 0) is 19.1 Å². The van der Waals surface area contributed by atoms with Gasteiger partial charge in [0.15, 0.2) is 0 Å². The van der Waals surface area contributed by atoms with Crippen molar-refractivity contribution in [2.24, 2.45) is 0 Å². The number of para-hydroxylation sites is 2. The smallest absolute Gasteiger partial charge is 0.273 e. The zero-order chi connectivity index (χ0) is 17.1. The van der Waals surface area contributed by atoms with E-state index in [1.807, 2.05) is 24.3 Å². The van der Waals surface area contributed by atoms with E-state index in [2.05, 4.69) is 21.8 Å². The van der Waals surface area contributed by atoms with E-state index >= 15 is 0 Å². The zero-order valence-corrected chi connectivity index (χ0v) is 13.8. The topological polar surface area (TPSA) is 84.6 Å². The molecule has 1 atom stereocenters. The minimum Gasteiger partial charge on any atom is -0.485 e. The Balaban J connectivity index is 1.70. The van der Waals surface area contributed by atoms with E-state index in [1.165, 1.54) is 12.4 Å². The molecule has 2 N–H and O–H groups in total. The van der Waals surface area contributed by atoms with E-state index in [0.29, 0.717) is 12.4 Å². The molecule has 3 rings (SSSR count). The number of nitrogens with zero attached hydrogens (tertiary/aromatic N) is 4. The molecule has 2 aromatic rings. The summed E-state index contributed by atoms with van der Waals surface area (Å²) in [5.74, 6) is 0.941. The number of rotatable bonds is 4. The van der Waals surface area contributed by atoms with Crippen molar-refractivity contribution >= 4 is 17.4 Å². The van der Waals surface area contributed by atoms with Gasteiger partial charge in [-0.2, -0.15) is 0 Å². The van der Waals surface area contributed by atoms with Crippen LogP contribution in [0.5, 0.6) is 5.75 Å². The summed E-state index contributed by atoms with van der Waals surface area (Å²) in [6.45, 7) is 4.20. The van der Waals surface area contributed by atoms with Gasteiger partial charge in [-0.3, -0.25) is 4.79 Å². The molecule has 1 unspecified atom stereocenters. The summed E-state index contributed by atoms with van der Waals surface area (Å²) in [4.78, 5) is 24.2. The minimum absolute atomic E-state index is 0.101. The number of benzene rings is 1. The summed E-state index contributed by atoms with van der Waals surface area (Å²) in [6, 6.07) is 7.96. The number of carbonyl (C=O) groups excluding carboxylic acids is 1. The van der Waals surface area contributed by atoms with Crippen molar-refractivity contribution < 1.29 is 9.53 Å². The highest BCUT2D eigenvalue weighted by Gasteiger charge is 2.27. The van der Waals surface area contributed by atoms with Crippen molar-refractivity contribution in [2.45, 2.75) is 13.0 Å². The molecule has 0 fully saturated rings. The third-order valence-electron chi connectivity index (χ3n) is 4.02. The van der Waals surface area contributed by atoms with Gasteiger partial charge < -0.3 is 20.3 Å². The van der Waals surface area contributed by atoms with Gasteiger partial charge in [-0.15, -0.1) is 0 Å². The molecular weight excluding hydrogens is 306 g/mol. The number of amides is 1. The second kappa shape index (κ2) is 6.74. The molecule has 1 aliphatic heterocycles. The monoisotopic (exact) mass is 327 g/mol. The van der Waals surface area contributed by atoms with Gasteiger partial charge in [-0.25, -0.2) is 9.97 Å². The van der Waals surface area contributed by atoms with Crippen LogP contribution in [0.3, 0.4) is 0 Å². The molecule has 7 heteroatoms. The number of hydrogen-bond donors (Lipinski definition) is 1. The van der Waals surface area contributed by atoms with Crippen LogP contribution >= 0.6 is 0 Å². The van der Waals surface area contributed by atoms with Gasteiger partial charge >= 0.3 is 0 Å². The maximum Gasteiger partial charge on any atom is 0.273 e. The molecule has 0 radical (unpaired) electrons. The maximum absolute atomic E-state index is 12.4. The lowest BCUT2D eigenvalue weighted by Gasteiger charge is -2.37. The van der Waals surface area contributed by atoms with Gasteiger partial charge in [0, 0.05) is 13.6 Å². The molecule has 24 heavy (non-hydrogen) atoms. The highest BCUT2D eigenvalue weighted by molar-refractivity contribution is 5.91. The SMILES string of the molecule is CCN1CC(CN(C)C(=O)c2cnc(N)cn2)Oc2ccccc21. The van der Waals surface area contributed by atoms with Crippen LogP contribution in [0.2, 0.25) is 0 Å². The van der Waals surface area contributed by atoms with E-state index in [-0.39, 0.29) is 17.7 Å². The van der Waals surface area contributed by atoms with E-state index in [9.17, 15) is 4.79 Å². The molecule has 0 saturated heterocycles. The second-order valence-corrected chi connectivity index (χ2v) is 5.76. The van der Waals surface area contributed by atoms with Crippen LogP contribution in [0.25, 0.3) is 0 Å². The summed E-state index contributed by atoms with van der Waals surface area (Å²) >= 11 is 0. The van der Waals surface area contributed by atoms with E-state index in [4.69, 9.17) is 10.5 Å². The molecule has 0 saturated carbocycles. The van der Waals surface area contributed by atoms with E-state index in [0.717, 1.165) is 24.5 Å². The van der Waals surface area contributed by atoms with Crippen LogP contribution in [0, 0.1) is 0 Å². The number of hydrogen-bond acceptors (Lipinski definition) is 6. The molecule has 0 aliphatic carbocycles. The normalized spacial score (nSPS) is 16.2. The molecule has 1 amide bonds. The second-order valence-electron chi connectivity index (χ2n) is 5.76. The van der Waals surface area contributed by atoms with Crippen LogP contribution in [0.15, 0.2) is 36.7 Å².